The van der Waals surface area contributed by atoms with E-state index in [0.717, 1.165) is 0 Å². The number of hydrogen-bond acceptors (Lipinski definition) is 5. The molecule has 0 heterocycles. The molecule has 0 aliphatic heterocycles. The second-order valence-electron chi connectivity index (χ2n) is 2.80. The second kappa shape index (κ2) is 5.87. The minimum atomic E-state index is -0.513. The van der Waals surface area contributed by atoms with E-state index < -0.39 is 5.97 Å². The fourth-order valence-corrected chi connectivity index (χ4v) is 0.907. The molecule has 5 nitrogen and oxygen atoms in total. The maximum Gasteiger partial charge on any atom is 0.344 e. The Kier molecular flexibility index (Phi) is 4.43. The van der Waals surface area contributed by atoms with Gasteiger partial charge in [-0.05, 0) is 24.3 Å². The quantitative estimate of drug-likeness (QED) is 0.536. The summed E-state index contributed by atoms with van der Waals surface area (Å²) in [4.78, 5) is 11.0. The Morgan fingerprint density at radius 3 is 2.60 bits per heavy atom. The SMILES string of the molecule is Nc1ccc(OCC(=O)OCCO)cc1. The highest BCUT2D eigenvalue weighted by Gasteiger charge is 2.03. The van der Waals surface area contributed by atoms with Gasteiger partial charge in [0, 0.05) is 5.69 Å². The molecule has 0 spiro atoms. The molecule has 1 aromatic carbocycles. The van der Waals surface area contributed by atoms with Gasteiger partial charge in [-0.3, -0.25) is 0 Å². The Balaban J connectivity index is 2.30. The zero-order chi connectivity index (χ0) is 11.1. The van der Waals surface area contributed by atoms with Gasteiger partial charge in [-0.25, -0.2) is 4.79 Å². The third-order valence-electron chi connectivity index (χ3n) is 1.59. The largest absolute Gasteiger partial charge is 0.482 e. The van der Waals surface area contributed by atoms with E-state index in [9.17, 15) is 4.79 Å². The average molecular weight is 211 g/mol. The van der Waals surface area contributed by atoms with Crippen LogP contribution in [0.4, 0.5) is 5.69 Å². The van der Waals surface area contributed by atoms with Gasteiger partial charge in [0.2, 0.25) is 0 Å². The Labute approximate surface area is 87.4 Å². The predicted molar refractivity (Wildman–Crippen MR) is 54.4 cm³/mol. The standard InChI is InChI=1S/C10H13NO4/c11-8-1-3-9(4-2-8)15-7-10(13)14-6-5-12/h1-4,12H,5-7,11H2. The van der Waals surface area contributed by atoms with Crippen LogP contribution in [0.5, 0.6) is 5.75 Å². The van der Waals surface area contributed by atoms with Crippen LogP contribution in [0.15, 0.2) is 24.3 Å². The number of nitrogen functional groups attached to an aromatic ring is 1. The van der Waals surface area contributed by atoms with E-state index >= 15 is 0 Å². The van der Waals surface area contributed by atoms with Crippen LogP contribution in [0.2, 0.25) is 0 Å². The first kappa shape index (κ1) is 11.3. The monoisotopic (exact) mass is 211 g/mol. The van der Waals surface area contributed by atoms with E-state index in [2.05, 4.69) is 4.74 Å². The summed E-state index contributed by atoms with van der Waals surface area (Å²) < 4.78 is 9.71. The molecule has 0 aliphatic carbocycles. The average Bonchev–Trinajstić information content (AvgIpc) is 2.25. The van der Waals surface area contributed by atoms with Crippen molar-refractivity contribution in [3.8, 4) is 5.75 Å². The molecule has 0 amide bonds. The Bertz CT molecular complexity index is 310. The Morgan fingerprint density at radius 1 is 1.33 bits per heavy atom. The zero-order valence-corrected chi connectivity index (χ0v) is 8.18. The predicted octanol–water partition coefficient (Wildman–Crippen LogP) is 0.183. The maximum atomic E-state index is 11.0. The number of aliphatic hydroxyl groups excluding tert-OH is 1. The molecule has 0 saturated carbocycles. The van der Waals surface area contributed by atoms with Crippen LogP contribution in [-0.2, 0) is 9.53 Å². The van der Waals surface area contributed by atoms with Crippen LogP contribution in [0, 0.1) is 0 Å². The molecule has 15 heavy (non-hydrogen) atoms. The zero-order valence-electron chi connectivity index (χ0n) is 8.18. The molecule has 0 aliphatic rings. The van der Waals surface area contributed by atoms with Crippen LogP contribution in [0.1, 0.15) is 0 Å². The Hall–Kier alpha value is -1.75. The van der Waals surface area contributed by atoms with Gasteiger partial charge < -0.3 is 20.3 Å². The molecule has 0 fully saturated rings. The molecule has 0 bridgehead atoms. The number of aliphatic hydroxyl groups is 1. The second-order valence-corrected chi connectivity index (χ2v) is 2.80. The molecular formula is C10H13NO4. The summed E-state index contributed by atoms with van der Waals surface area (Å²) in [6, 6.07) is 6.67. The van der Waals surface area contributed by atoms with E-state index in [0.29, 0.717) is 11.4 Å². The van der Waals surface area contributed by atoms with Crippen molar-refractivity contribution in [2.24, 2.45) is 0 Å². The lowest BCUT2D eigenvalue weighted by molar-refractivity contribution is -0.146. The van der Waals surface area contributed by atoms with Gasteiger partial charge in [-0.15, -0.1) is 0 Å². The van der Waals surface area contributed by atoms with Crippen molar-refractivity contribution in [2.45, 2.75) is 0 Å². The molecule has 1 rings (SSSR count). The normalized spacial score (nSPS) is 9.67. The smallest absolute Gasteiger partial charge is 0.344 e. The van der Waals surface area contributed by atoms with E-state index in [1.807, 2.05) is 0 Å². The summed E-state index contributed by atoms with van der Waals surface area (Å²) in [7, 11) is 0. The molecule has 5 heteroatoms. The third-order valence-corrected chi connectivity index (χ3v) is 1.59. The van der Waals surface area contributed by atoms with Crippen molar-refractivity contribution < 1.29 is 19.4 Å². The number of nitrogens with two attached hydrogens (primary N) is 1. The Morgan fingerprint density at radius 2 is 2.00 bits per heavy atom. The summed E-state index contributed by atoms with van der Waals surface area (Å²) in [5.41, 5.74) is 6.10. The van der Waals surface area contributed by atoms with Gasteiger partial charge in [0.25, 0.3) is 0 Å². The van der Waals surface area contributed by atoms with Crippen LogP contribution >= 0.6 is 0 Å². The van der Waals surface area contributed by atoms with Crippen LogP contribution < -0.4 is 10.5 Å². The minimum absolute atomic E-state index is 0.00999. The van der Waals surface area contributed by atoms with Crippen molar-refractivity contribution >= 4 is 11.7 Å². The van der Waals surface area contributed by atoms with E-state index in [4.69, 9.17) is 15.6 Å². The summed E-state index contributed by atoms with van der Waals surface area (Å²) in [6.07, 6.45) is 0. The highest BCUT2D eigenvalue weighted by Crippen LogP contribution is 2.12. The molecule has 0 saturated heterocycles. The van der Waals surface area contributed by atoms with Crippen molar-refractivity contribution in [1.29, 1.82) is 0 Å². The number of esters is 1. The molecule has 82 valence electrons. The minimum Gasteiger partial charge on any atom is -0.482 e. The van der Waals surface area contributed by atoms with Crippen molar-refractivity contribution in [3.63, 3.8) is 0 Å². The van der Waals surface area contributed by atoms with Gasteiger partial charge in [-0.1, -0.05) is 0 Å². The van der Waals surface area contributed by atoms with Crippen molar-refractivity contribution in [2.75, 3.05) is 25.6 Å². The van der Waals surface area contributed by atoms with E-state index in [1.165, 1.54) is 0 Å². The van der Waals surface area contributed by atoms with Crippen LogP contribution in [0.25, 0.3) is 0 Å². The highest BCUT2D eigenvalue weighted by atomic mass is 16.6. The van der Waals surface area contributed by atoms with Crippen LogP contribution in [0.3, 0.4) is 0 Å². The van der Waals surface area contributed by atoms with Gasteiger partial charge in [0.15, 0.2) is 6.61 Å². The number of benzene rings is 1. The molecule has 0 atom stereocenters. The summed E-state index contributed by atoms with van der Waals surface area (Å²) >= 11 is 0. The highest BCUT2D eigenvalue weighted by molar-refractivity contribution is 5.71. The van der Waals surface area contributed by atoms with Gasteiger partial charge >= 0.3 is 5.97 Å². The lowest BCUT2D eigenvalue weighted by Gasteiger charge is -2.05. The van der Waals surface area contributed by atoms with Crippen LogP contribution in [-0.4, -0.2) is 30.9 Å². The lowest BCUT2D eigenvalue weighted by atomic mass is 10.3. The van der Waals surface area contributed by atoms with E-state index in [-0.39, 0.29) is 19.8 Å². The van der Waals surface area contributed by atoms with Crippen molar-refractivity contribution in [3.05, 3.63) is 24.3 Å². The first-order valence-electron chi connectivity index (χ1n) is 4.47. The third kappa shape index (κ3) is 4.33. The molecule has 3 N–H and O–H groups in total. The number of carbonyl (C=O) groups is 1. The first-order valence-corrected chi connectivity index (χ1v) is 4.47. The molecule has 0 radical (unpaired) electrons. The molecule has 0 aromatic heterocycles. The van der Waals surface area contributed by atoms with E-state index in [1.54, 1.807) is 24.3 Å². The fraction of sp³-hybridized carbons (Fsp3) is 0.300. The number of ether oxygens (including phenoxy) is 2. The fourth-order valence-electron chi connectivity index (χ4n) is 0.907. The maximum absolute atomic E-state index is 11.0. The number of carbonyl (C=O) groups excluding carboxylic acids is 1. The molecule has 0 unspecified atom stereocenters. The number of hydrogen-bond donors (Lipinski definition) is 2. The topological polar surface area (TPSA) is 81.8 Å². The number of anilines is 1. The first-order chi connectivity index (χ1) is 7.22. The summed E-state index contributed by atoms with van der Waals surface area (Å²) in [5, 5.41) is 8.40. The van der Waals surface area contributed by atoms with Gasteiger partial charge in [0.05, 0.1) is 6.61 Å². The molecule has 1 aromatic rings. The lowest BCUT2D eigenvalue weighted by Crippen LogP contribution is -2.16. The molecular weight excluding hydrogens is 198 g/mol. The van der Waals surface area contributed by atoms with Gasteiger partial charge in [0.1, 0.15) is 12.4 Å². The number of rotatable bonds is 5. The summed E-state index contributed by atoms with van der Waals surface area (Å²) in [5.74, 6) is 0.0334. The summed E-state index contributed by atoms with van der Waals surface area (Å²) in [6.45, 7) is -0.374. The van der Waals surface area contributed by atoms with Gasteiger partial charge in [-0.2, -0.15) is 0 Å². The van der Waals surface area contributed by atoms with Crippen molar-refractivity contribution in [1.82, 2.24) is 0 Å².